The Balaban J connectivity index is 2.52. The average molecular weight is 365 g/mol. The van der Waals surface area contributed by atoms with Crippen molar-refractivity contribution in [2.24, 2.45) is 4.99 Å². The fourth-order valence-electron chi connectivity index (χ4n) is 1.95. The van der Waals surface area contributed by atoms with Gasteiger partial charge >= 0.3 is 5.97 Å². The molecule has 0 heterocycles. The molecule has 26 heavy (non-hydrogen) atoms. The summed E-state index contributed by atoms with van der Waals surface area (Å²) in [5, 5.41) is 19.4. The van der Waals surface area contributed by atoms with Gasteiger partial charge in [0, 0.05) is 12.3 Å². The lowest BCUT2D eigenvalue weighted by Crippen LogP contribution is -2.12. The van der Waals surface area contributed by atoms with Gasteiger partial charge in [0.1, 0.15) is 22.9 Å². The number of rotatable bonds is 5. The number of phenols is 1. The lowest BCUT2D eigenvalue weighted by atomic mass is 10.1. The predicted molar refractivity (Wildman–Crippen MR) is 88.8 cm³/mol. The minimum absolute atomic E-state index is 0.00295. The molecular formula is C18H14F3NO4. The molecule has 0 unspecified atom stereocenters. The number of hydrogen-bond acceptors (Lipinski definition) is 5. The highest BCUT2D eigenvalue weighted by molar-refractivity contribution is 6.15. The number of carbonyl (C=O) groups is 1. The molecule has 136 valence electrons. The Kier molecular flexibility index (Phi) is 6.00. The Morgan fingerprint density at radius 1 is 1.12 bits per heavy atom. The van der Waals surface area contributed by atoms with E-state index in [1.807, 2.05) is 0 Å². The summed E-state index contributed by atoms with van der Waals surface area (Å²) < 4.78 is 45.1. The van der Waals surface area contributed by atoms with Crippen molar-refractivity contribution in [3.63, 3.8) is 0 Å². The van der Waals surface area contributed by atoms with Crippen molar-refractivity contribution < 1.29 is 32.9 Å². The van der Waals surface area contributed by atoms with E-state index in [0.717, 1.165) is 6.21 Å². The number of phenolic OH excluding ortho intramolecular Hbond substituents is 1. The Hall–Kier alpha value is -3.29. The lowest BCUT2D eigenvalue weighted by molar-refractivity contribution is -0.137. The van der Waals surface area contributed by atoms with Crippen LogP contribution in [0.2, 0.25) is 0 Å². The van der Waals surface area contributed by atoms with Gasteiger partial charge in [-0.15, -0.1) is 0 Å². The smallest absolute Gasteiger partial charge is 0.343 e. The minimum atomic E-state index is -1.44. The summed E-state index contributed by atoms with van der Waals surface area (Å²) in [6, 6.07) is 6.20. The van der Waals surface area contributed by atoms with Crippen LogP contribution in [0.5, 0.6) is 5.75 Å². The third kappa shape index (κ3) is 4.41. The zero-order valence-electron chi connectivity index (χ0n) is 13.5. The Morgan fingerprint density at radius 3 is 2.35 bits per heavy atom. The minimum Gasteiger partial charge on any atom is -0.508 e. The fraction of sp³-hybridized carbons (Fsp3) is 0.111. The number of benzene rings is 2. The van der Waals surface area contributed by atoms with Crippen LogP contribution in [0.25, 0.3) is 5.76 Å². The summed E-state index contributed by atoms with van der Waals surface area (Å²) in [5.41, 5.74) is -0.961. The number of aliphatic hydroxyl groups is 1. The van der Waals surface area contributed by atoms with Crippen LogP contribution in [0, 0.1) is 17.5 Å². The number of hydrogen-bond donors (Lipinski definition) is 2. The lowest BCUT2D eigenvalue weighted by Gasteiger charge is -2.08. The van der Waals surface area contributed by atoms with E-state index in [0.29, 0.717) is 11.8 Å². The third-order valence-electron chi connectivity index (χ3n) is 3.21. The quantitative estimate of drug-likeness (QED) is 0.276. The van der Waals surface area contributed by atoms with Gasteiger partial charge in [0.25, 0.3) is 0 Å². The van der Waals surface area contributed by atoms with E-state index in [4.69, 9.17) is 4.74 Å². The van der Waals surface area contributed by atoms with Gasteiger partial charge in [0.05, 0.1) is 17.9 Å². The van der Waals surface area contributed by atoms with E-state index in [-0.39, 0.29) is 18.4 Å². The van der Waals surface area contributed by atoms with Gasteiger partial charge in [-0.05, 0) is 37.3 Å². The molecule has 2 rings (SSSR count). The second-order valence-corrected chi connectivity index (χ2v) is 5.00. The molecule has 0 saturated heterocycles. The molecule has 0 bridgehead atoms. The molecule has 5 nitrogen and oxygen atoms in total. The van der Waals surface area contributed by atoms with Crippen molar-refractivity contribution in [1.82, 2.24) is 0 Å². The third-order valence-corrected chi connectivity index (χ3v) is 3.21. The number of esters is 1. The fourth-order valence-corrected chi connectivity index (χ4v) is 1.95. The molecule has 0 aliphatic heterocycles. The van der Waals surface area contributed by atoms with E-state index < -0.39 is 40.3 Å². The maximum atomic E-state index is 13.9. The standard InChI is InChI=1S/C18H14F3NO4/c1-2-26-18(25)13(9-22-10-3-5-11(23)6-4-10)17(24)12-7-15(20)16(21)8-14(12)19/h3-9,23-24H,2H2,1H3. The molecule has 8 heteroatoms. The van der Waals surface area contributed by atoms with E-state index >= 15 is 0 Å². The molecule has 0 radical (unpaired) electrons. The van der Waals surface area contributed by atoms with Gasteiger partial charge in [0.15, 0.2) is 11.6 Å². The summed E-state index contributed by atoms with van der Waals surface area (Å²) >= 11 is 0. The molecule has 0 spiro atoms. The van der Waals surface area contributed by atoms with E-state index in [2.05, 4.69) is 4.99 Å². The number of nitrogens with zero attached hydrogens (tertiary/aromatic N) is 1. The van der Waals surface area contributed by atoms with Gasteiger partial charge in [-0.3, -0.25) is 4.99 Å². The van der Waals surface area contributed by atoms with Crippen LogP contribution in [-0.4, -0.2) is 29.0 Å². The van der Waals surface area contributed by atoms with Gasteiger partial charge in [0.2, 0.25) is 0 Å². The molecule has 2 aromatic rings. The van der Waals surface area contributed by atoms with Crippen molar-refractivity contribution in [3.8, 4) is 5.75 Å². The van der Waals surface area contributed by atoms with Gasteiger partial charge in [-0.25, -0.2) is 18.0 Å². The highest BCUT2D eigenvalue weighted by Gasteiger charge is 2.21. The molecule has 0 atom stereocenters. The van der Waals surface area contributed by atoms with Crippen molar-refractivity contribution in [2.75, 3.05) is 6.61 Å². The van der Waals surface area contributed by atoms with Crippen molar-refractivity contribution in [2.45, 2.75) is 6.92 Å². The van der Waals surface area contributed by atoms with Crippen LogP contribution in [0.3, 0.4) is 0 Å². The average Bonchev–Trinajstić information content (AvgIpc) is 2.60. The van der Waals surface area contributed by atoms with E-state index in [9.17, 15) is 28.2 Å². The molecule has 2 aromatic carbocycles. The number of carbonyl (C=O) groups excluding carboxylic acids is 1. The van der Waals surface area contributed by atoms with Gasteiger partial charge in [-0.2, -0.15) is 0 Å². The highest BCUT2D eigenvalue weighted by Crippen LogP contribution is 2.23. The second-order valence-electron chi connectivity index (χ2n) is 5.00. The van der Waals surface area contributed by atoms with Crippen LogP contribution in [0.1, 0.15) is 12.5 Å². The number of aliphatic hydroxyl groups excluding tert-OH is 1. The number of ether oxygens (including phenoxy) is 1. The highest BCUT2D eigenvalue weighted by atomic mass is 19.2. The SMILES string of the molecule is CCOC(=O)C(C=Nc1ccc(O)cc1)=C(O)c1cc(F)c(F)cc1F. The summed E-state index contributed by atoms with van der Waals surface area (Å²) in [6.07, 6.45) is 0.903. The topological polar surface area (TPSA) is 79.1 Å². The predicted octanol–water partition coefficient (Wildman–Crippen LogP) is 4.04. The van der Waals surface area contributed by atoms with Gasteiger partial charge in [-0.1, -0.05) is 0 Å². The summed E-state index contributed by atoms with van der Waals surface area (Å²) in [4.78, 5) is 16.0. The summed E-state index contributed by atoms with van der Waals surface area (Å²) in [5.74, 6) is -6.08. The maximum absolute atomic E-state index is 13.9. The molecule has 0 fully saturated rings. The molecule has 0 aromatic heterocycles. The molecule has 0 amide bonds. The van der Waals surface area contributed by atoms with Crippen LogP contribution in [-0.2, 0) is 9.53 Å². The largest absolute Gasteiger partial charge is 0.508 e. The van der Waals surface area contributed by atoms with Crippen molar-refractivity contribution in [3.05, 3.63) is 65.0 Å². The Bertz CT molecular complexity index is 877. The number of aliphatic imine (C=N–C) groups is 1. The van der Waals surface area contributed by atoms with Crippen LogP contribution in [0.4, 0.5) is 18.9 Å². The Morgan fingerprint density at radius 2 is 1.73 bits per heavy atom. The molecular weight excluding hydrogens is 351 g/mol. The first kappa shape index (κ1) is 19.0. The van der Waals surface area contributed by atoms with Crippen LogP contribution >= 0.6 is 0 Å². The first-order chi connectivity index (χ1) is 12.3. The first-order valence-corrected chi connectivity index (χ1v) is 7.41. The monoisotopic (exact) mass is 365 g/mol. The zero-order chi connectivity index (χ0) is 19.3. The molecule has 0 saturated carbocycles. The molecule has 0 aliphatic carbocycles. The van der Waals surface area contributed by atoms with Crippen LogP contribution in [0.15, 0.2) is 47.0 Å². The second kappa shape index (κ2) is 8.19. The molecule has 2 N–H and O–H groups in total. The number of halogens is 3. The number of aromatic hydroxyl groups is 1. The maximum Gasteiger partial charge on any atom is 0.343 e. The first-order valence-electron chi connectivity index (χ1n) is 7.41. The van der Waals surface area contributed by atoms with Crippen molar-refractivity contribution in [1.29, 1.82) is 0 Å². The van der Waals surface area contributed by atoms with Gasteiger partial charge < -0.3 is 14.9 Å². The Labute approximate surface area is 146 Å². The van der Waals surface area contributed by atoms with Crippen molar-refractivity contribution >= 4 is 23.6 Å². The normalized spacial score (nSPS) is 12.2. The van der Waals surface area contributed by atoms with Crippen LogP contribution < -0.4 is 0 Å². The summed E-state index contributed by atoms with van der Waals surface area (Å²) in [7, 11) is 0. The van der Waals surface area contributed by atoms with E-state index in [1.165, 1.54) is 31.2 Å². The zero-order valence-corrected chi connectivity index (χ0v) is 13.5. The molecule has 0 aliphatic rings. The summed E-state index contributed by atoms with van der Waals surface area (Å²) in [6.45, 7) is 1.48. The van der Waals surface area contributed by atoms with E-state index in [1.54, 1.807) is 0 Å².